The van der Waals surface area contributed by atoms with Crippen molar-refractivity contribution in [1.82, 2.24) is 10.3 Å². The summed E-state index contributed by atoms with van der Waals surface area (Å²) in [4.78, 5) is 15.2. The molecule has 3 N–H and O–H groups in total. The molecule has 0 aliphatic heterocycles. The second-order valence-electron chi connectivity index (χ2n) is 3.38. The SMILES string of the molecule is Cc1cncc(CNC(=O)C(C)N)c1. The first kappa shape index (κ1) is 10.7. The van der Waals surface area contributed by atoms with Gasteiger partial charge in [-0.1, -0.05) is 6.07 Å². The van der Waals surface area contributed by atoms with Crippen LogP contribution in [0.15, 0.2) is 18.5 Å². The maximum Gasteiger partial charge on any atom is 0.236 e. The van der Waals surface area contributed by atoms with Crippen molar-refractivity contribution >= 4 is 5.91 Å². The molecule has 14 heavy (non-hydrogen) atoms. The van der Waals surface area contributed by atoms with Gasteiger partial charge in [0.2, 0.25) is 5.91 Å². The van der Waals surface area contributed by atoms with Gasteiger partial charge in [0.05, 0.1) is 6.04 Å². The van der Waals surface area contributed by atoms with E-state index in [1.807, 2.05) is 13.0 Å². The Hall–Kier alpha value is -1.42. The Labute approximate surface area is 83.5 Å². The highest BCUT2D eigenvalue weighted by atomic mass is 16.2. The molecule has 0 spiro atoms. The minimum absolute atomic E-state index is 0.147. The van der Waals surface area contributed by atoms with Crippen molar-refractivity contribution in [3.05, 3.63) is 29.6 Å². The van der Waals surface area contributed by atoms with Crippen LogP contribution < -0.4 is 11.1 Å². The minimum atomic E-state index is -0.465. The Morgan fingerprint density at radius 2 is 2.36 bits per heavy atom. The lowest BCUT2D eigenvalue weighted by atomic mass is 10.2. The standard InChI is InChI=1S/C10H15N3O/c1-7-3-9(5-12-4-7)6-13-10(14)8(2)11/h3-5,8H,6,11H2,1-2H3,(H,13,14). The van der Waals surface area contributed by atoms with Crippen LogP contribution in [0.4, 0.5) is 0 Å². The quantitative estimate of drug-likeness (QED) is 0.728. The van der Waals surface area contributed by atoms with Crippen LogP contribution in [0.5, 0.6) is 0 Å². The molecular weight excluding hydrogens is 178 g/mol. The fourth-order valence-corrected chi connectivity index (χ4v) is 1.06. The largest absolute Gasteiger partial charge is 0.351 e. The summed E-state index contributed by atoms with van der Waals surface area (Å²) in [6.07, 6.45) is 3.51. The van der Waals surface area contributed by atoms with Crippen molar-refractivity contribution in [2.24, 2.45) is 5.73 Å². The number of amides is 1. The molecule has 0 radical (unpaired) electrons. The lowest BCUT2D eigenvalue weighted by molar-refractivity contribution is -0.122. The monoisotopic (exact) mass is 193 g/mol. The number of rotatable bonds is 3. The number of carbonyl (C=O) groups is 1. The van der Waals surface area contributed by atoms with Crippen molar-refractivity contribution < 1.29 is 4.79 Å². The predicted octanol–water partition coefficient (Wildman–Crippen LogP) is 0.353. The van der Waals surface area contributed by atoms with Gasteiger partial charge in [-0.3, -0.25) is 9.78 Å². The second-order valence-corrected chi connectivity index (χ2v) is 3.38. The topological polar surface area (TPSA) is 68.0 Å². The van der Waals surface area contributed by atoms with Gasteiger partial charge in [-0.25, -0.2) is 0 Å². The van der Waals surface area contributed by atoms with Gasteiger partial charge in [-0.2, -0.15) is 0 Å². The van der Waals surface area contributed by atoms with Gasteiger partial charge in [0.1, 0.15) is 0 Å². The zero-order valence-electron chi connectivity index (χ0n) is 8.45. The Kier molecular flexibility index (Phi) is 3.59. The Morgan fingerprint density at radius 1 is 1.64 bits per heavy atom. The summed E-state index contributed by atoms with van der Waals surface area (Å²) in [5, 5.41) is 2.72. The van der Waals surface area contributed by atoms with Crippen molar-refractivity contribution in [3.8, 4) is 0 Å². The molecular formula is C10H15N3O. The number of aryl methyl sites for hydroxylation is 1. The number of hydrogen-bond donors (Lipinski definition) is 2. The van der Waals surface area contributed by atoms with E-state index in [0.717, 1.165) is 11.1 Å². The molecule has 0 aliphatic rings. The van der Waals surface area contributed by atoms with E-state index in [4.69, 9.17) is 5.73 Å². The molecule has 1 aromatic heterocycles. The summed E-state index contributed by atoms with van der Waals surface area (Å²) in [6.45, 7) is 4.10. The molecule has 0 saturated heterocycles. The van der Waals surface area contributed by atoms with Crippen LogP contribution in [0.2, 0.25) is 0 Å². The molecule has 0 bridgehead atoms. The number of nitrogens with zero attached hydrogens (tertiary/aromatic N) is 1. The van der Waals surface area contributed by atoms with Crippen LogP contribution in [0, 0.1) is 6.92 Å². The van der Waals surface area contributed by atoms with Crippen LogP contribution >= 0.6 is 0 Å². The molecule has 1 atom stereocenters. The van der Waals surface area contributed by atoms with Gasteiger partial charge in [-0.15, -0.1) is 0 Å². The normalized spacial score (nSPS) is 12.2. The van der Waals surface area contributed by atoms with Gasteiger partial charge >= 0.3 is 0 Å². The van der Waals surface area contributed by atoms with E-state index in [1.165, 1.54) is 0 Å². The van der Waals surface area contributed by atoms with E-state index in [1.54, 1.807) is 19.3 Å². The van der Waals surface area contributed by atoms with E-state index in [0.29, 0.717) is 6.54 Å². The Balaban J connectivity index is 2.50. The summed E-state index contributed by atoms with van der Waals surface area (Å²) in [6, 6.07) is 1.52. The fourth-order valence-electron chi connectivity index (χ4n) is 1.06. The van der Waals surface area contributed by atoms with Gasteiger partial charge in [0, 0.05) is 18.9 Å². The van der Waals surface area contributed by atoms with E-state index in [9.17, 15) is 4.79 Å². The number of carbonyl (C=O) groups excluding carboxylic acids is 1. The fraction of sp³-hybridized carbons (Fsp3) is 0.400. The third-order valence-electron chi connectivity index (χ3n) is 1.81. The summed E-state index contributed by atoms with van der Waals surface area (Å²) >= 11 is 0. The Bertz CT molecular complexity index is 323. The third kappa shape index (κ3) is 3.14. The van der Waals surface area contributed by atoms with Gasteiger partial charge < -0.3 is 11.1 Å². The Morgan fingerprint density at radius 3 is 2.93 bits per heavy atom. The van der Waals surface area contributed by atoms with Crippen LogP contribution in [-0.2, 0) is 11.3 Å². The lowest BCUT2D eigenvalue weighted by Crippen LogP contribution is -2.37. The van der Waals surface area contributed by atoms with Gasteiger partial charge in [0.15, 0.2) is 0 Å². The smallest absolute Gasteiger partial charge is 0.236 e. The van der Waals surface area contributed by atoms with E-state index >= 15 is 0 Å². The van der Waals surface area contributed by atoms with E-state index in [-0.39, 0.29) is 5.91 Å². The van der Waals surface area contributed by atoms with Crippen molar-refractivity contribution in [3.63, 3.8) is 0 Å². The van der Waals surface area contributed by atoms with Gasteiger partial charge in [-0.05, 0) is 25.0 Å². The molecule has 4 nitrogen and oxygen atoms in total. The summed E-state index contributed by atoms with van der Waals surface area (Å²) < 4.78 is 0. The molecule has 1 unspecified atom stereocenters. The van der Waals surface area contributed by atoms with E-state index in [2.05, 4.69) is 10.3 Å². The maximum absolute atomic E-state index is 11.1. The summed E-state index contributed by atoms with van der Waals surface area (Å²) in [5.41, 5.74) is 7.47. The highest BCUT2D eigenvalue weighted by Crippen LogP contribution is 2.00. The van der Waals surface area contributed by atoms with Gasteiger partial charge in [0.25, 0.3) is 0 Å². The molecule has 0 saturated carbocycles. The minimum Gasteiger partial charge on any atom is -0.351 e. The zero-order valence-corrected chi connectivity index (χ0v) is 8.45. The van der Waals surface area contributed by atoms with Crippen molar-refractivity contribution in [1.29, 1.82) is 0 Å². The molecule has 76 valence electrons. The summed E-state index contributed by atoms with van der Waals surface area (Å²) in [7, 11) is 0. The first-order chi connectivity index (χ1) is 6.59. The zero-order chi connectivity index (χ0) is 10.6. The second kappa shape index (κ2) is 4.72. The highest BCUT2D eigenvalue weighted by molar-refractivity contribution is 5.80. The molecule has 0 fully saturated rings. The van der Waals surface area contributed by atoms with Crippen LogP contribution in [0.25, 0.3) is 0 Å². The molecule has 0 aromatic carbocycles. The average molecular weight is 193 g/mol. The molecule has 0 aliphatic carbocycles. The van der Waals surface area contributed by atoms with Crippen LogP contribution in [0.3, 0.4) is 0 Å². The molecule has 1 aromatic rings. The highest BCUT2D eigenvalue weighted by Gasteiger charge is 2.05. The third-order valence-corrected chi connectivity index (χ3v) is 1.81. The van der Waals surface area contributed by atoms with Crippen molar-refractivity contribution in [2.45, 2.75) is 26.4 Å². The van der Waals surface area contributed by atoms with Crippen LogP contribution in [0.1, 0.15) is 18.1 Å². The molecule has 1 heterocycles. The summed E-state index contributed by atoms with van der Waals surface area (Å²) in [5.74, 6) is -0.147. The van der Waals surface area contributed by atoms with E-state index < -0.39 is 6.04 Å². The lowest BCUT2D eigenvalue weighted by Gasteiger charge is -2.07. The average Bonchev–Trinajstić information content (AvgIpc) is 2.14. The van der Waals surface area contributed by atoms with Crippen LogP contribution in [-0.4, -0.2) is 16.9 Å². The predicted molar refractivity (Wildman–Crippen MR) is 54.5 cm³/mol. The van der Waals surface area contributed by atoms with Crippen molar-refractivity contribution in [2.75, 3.05) is 0 Å². The number of hydrogen-bond acceptors (Lipinski definition) is 3. The maximum atomic E-state index is 11.1. The first-order valence-corrected chi connectivity index (χ1v) is 4.53. The number of nitrogens with two attached hydrogens (primary N) is 1. The molecule has 1 amide bonds. The number of pyridine rings is 1. The number of aromatic nitrogens is 1. The first-order valence-electron chi connectivity index (χ1n) is 4.53. The molecule has 4 heteroatoms. The number of nitrogens with one attached hydrogen (secondary N) is 1. The molecule has 1 rings (SSSR count).